The average molecular weight is 168 g/mol. The number of amides is 1. The van der Waals surface area contributed by atoms with Gasteiger partial charge in [0.05, 0.1) is 11.8 Å². The topological polar surface area (TPSA) is 68.3 Å². The number of nitrogens with two attached hydrogens (primary N) is 1. The molecule has 4 nitrogen and oxygen atoms in total. The van der Waals surface area contributed by atoms with Crippen molar-refractivity contribution in [1.29, 1.82) is 0 Å². The summed E-state index contributed by atoms with van der Waals surface area (Å²) < 4.78 is 4.76. The van der Waals surface area contributed by atoms with E-state index in [1.165, 1.54) is 12.5 Å². The molecule has 1 rings (SSSR count). The van der Waals surface area contributed by atoms with Crippen molar-refractivity contribution in [3.05, 3.63) is 24.2 Å². The van der Waals surface area contributed by atoms with Gasteiger partial charge in [-0.3, -0.25) is 4.79 Å². The van der Waals surface area contributed by atoms with E-state index in [2.05, 4.69) is 5.32 Å². The Balaban J connectivity index is 2.30. The second-order valence-electron chi connectivity index (χ2n) is 2.41. The fraction of sp³-hybridized carbons (Fsp3) is 0.375. The van der Waals surface area contributed by atoms with Gasteiger partial charge in [-0.25, -0.2) is 0 Å². The summed E-state index contributed by atoms with van der Waals surface area (Å²) in [5.74, 6) is -0.114. The van der Waals surface area contributed by atoms with E-state index in [0.29, 0.717) is 18.7 Å². The molecule has 0 aliphatic carbocycles. The second-order valence-corrected chi connectivity index (χ2v) is 2.41. The zero-order valence-corrected chi connectivity index (χ0v) is 6.75. The van der Waals surface area contributed by atoms with Crippen LogP contribution in [0, 0.1) is 0 Å². The largest absolute Gasteiger partial charge is 0.472 e. The Morgan fingerprint density at radius 2 is 2.50 bits per heavy atom. The van der Waals surface area contributed by atoms with Gasteiger partial charge in [0.1, 0.15) is 6.26 Å². The molecule has 0 aliphatic heterocycles. The summed E-state index contributed by atoms with van der Waals surface area (Å²) in [4.78, 5) is 11.2. The molecule has 3 N–H and O–H groups in total. The van der Waals surface area contributed by atoms with E-state index in [9.17, 15) is 4.79 Å². The highest BCUT2D eigenvalue weighted by Crippen LogP contribution is 1.98. The van der Waals surface area contributed by atoms with Crippen molar-refractivity contribution in [2.24, 2.45) is 5.73 Å². The monoisotopic (exact) mass is 168 g/mol. The van der Waals surface area contributed by atoms with Crippen LogP contribution in [0.15, 0.2) is 23.0 Å². The molecule has 0 atom stereocenters. The summed E-state index contributed by atoms with van der Waals surface area (Å²) in [7, 11) is 0. The van der Waals surface area contributed by atoms with E-state index >= 15 is 0 Å². The molecule has 66 valence electrons. The molecule has 0 saturated carbocycles. The minimum Gasteiger partial charge on any atom is -0.472 e. The van der Waals surface area contributed by atoms with Gasteiger partial charge in [-0.15, -0.1) is 0 Å². The predicted octanol–water partition coefficient (Wildman–Crippen LogP) is 0.358. The molecule has 0 bridgehead atoms. The van der Waals surface area contributed by atoms with Crippen molar-refractivity contribution >= 4 is 5.91 Å². The third kappa shape index (κ3) is 2.39. The molecule has 1 aromatic heterocycles. The Kier molecular flexibility index (Phi) is 3.35. The van der Waals surface area contributed by atoms with Crippen LogP contribution in [0.5, 0.6) is 0 Å². The van der Waals surface area contributed by atoms with E-state index < -0.39 is 0 Å². The fourth-order valence-corrected chi connectivity index (χ4v) is 0.800. The second kappa shape index (κ2) is 4.56. The molecule has 0 saturated heterocycles. The molecule has 12 heavy (non-hydrogen) atoms. The highest BCUT2D eigenvalue weighted by atomic mass is 16.3. The summed E-state index contributed by atoms with van der Waals surface area (Å²) >= 11 is 0. The average Bonchev–Trinajstić information content (AvgIpc) is 2.56. The van der Waals surface area contributed by atoms with Crippen LogP contribution in [-0.4, -0.2) is 19.0 Å². The van der Waals surface area contributed by atoms with Gasteiger partial charge < -0.3 is 15.5 Å². The van der Waals surface area contributed by atoms with Gasteiger partial charge in [0.2, 0.25) is 0 Å². The predicted molar refractivity (Wildman–Crippen MR) is 44.7 cm³/mol. The first-order valence-electron chi connectivity index (χ1n) is 3.85. The first-order chi connectivity index (χ1) is 5.84. The first-order valence-corrected chi connectivity index (χ1v) is 3.85. The van der Waals surface area contributed by atoms with Crippen LogP contribution >= 0.6 is 0 Å². The molecule has 0 aliphatic rings. The standard InChI is InChI=1S/C8H12N2O2/c9-3-1-4-10-8(11)7-2-5-12-6-7/h2,5-6H,1,3-4,9H2,(H,10,11). The highest BCUT2D eigenvalue weighted by molar-refractivity contribution is 5.93. The van der Waals surface area contributed by atoms with Crippen LogP contribution in [0.3, 0.4) is 0 Å². The lowest BCUT2D eigenvalue weighted by Gasteiger charge is -2.00. The van der Waals surface area contributed by atoms with E-state index in [0.717, 1.165) is 6.42 Å². The summed E-state index contributed by atoms with van der Waals surface area (Å²) in [5.41, 5.74) is 5.81. The van der Waals surface area contributed by atoms with Crippen molar-refractivity contribution in [3.8, 4) is 0 Å². The summed E-state index contributed by atoms with van der Waals surface area (Å²) in [6.07, 6.45) is 3.68. The van der Waals surface area contributed by atoms with Crippen molar-refractivity contribution in [2.45, 2.75) is 6.42 Å². The van der Waals surface area contributed by atoms with E-state index in [4.69, 9.17) is 10.2 Å². The number of furan rings is 1. The fourth-order valence-electron chi connectivity index (χ4n) is 0.800. The van der Waals surface area contributed by atoms with Crippen LogP contribution in [-0.2, 0) is 0 Å². The Morgan fingerprint density at radius 1 is 1.67 bits per heavy atom. The lowest BCUT2D eigenvalue weighted by Crippen LogP contribution is -2.25. The minimum absolute atomic E-state index is 0.114. The van der Waals surface area contributed by atoms with Gasteiger partial charge in [0.25, 0.3) is 5.91 Å². The zero-order valence-electron chi connectivity index (χ0n) is 6.75. The number of nitrogens with one attached hydrogen (secondary N) is 1. The van der Waals surface area contributed by atoms with Crippen molar-refractivity contribution in [3.63, 3.8) is 0 Å². The summed E-state index contributed by atoms with van der Waals surface area (Å²) in [5, 5.41) is 2.71. The number of hydrogen-bond donors (Lipinski definition) is 2. The minimum atomic E-state index is -0.114. The van der Waals surface area contributed by atoms with Gasteiger partial charge >= 0.3 is 0 Å². The number of carbonyl (C=O) groups excluding carboxylic acids is 1. The third-order valence-corrected chi connectivity index (χ3v) is 1.45. The first kappa shape index (κ1) is 8.80. The molecule has 1 heterocycles. The third-order valence-electron chi connectivity index (χ3n) is 1.45. The van der Waals surface area contributed by atoms with Crippen LogP contribution in [0.25, 0.3) is 0 Å². The maximum Gasteiger partial charge on any atom is 0.254 e. The smallest absolute Gasteiger partial charge is 0.254 e. The molecule has 0 aromatic carbocycles. The van der Waals surface area contributed by atoms with Crippen molar-refractivity contribution in [2.75, 3.05) is 13.1 Å². The quantitative estimate of drug-likeness (QED) is 0.638. The van der Waals surface area contributed by atoms with Crippen LogP contribution in [0.4, 0.5) is 0 Å². The van der Waals surface area contributed by atoms with Crippen LogP contribution < -0.4 is 11.1 Å². The van der Waals surface area contributed by atoms with Gasteiger partial charge in [-0.05, 0) is 19.0 Å². The molecule has 0 radical (unpaired) electrons. The summed E-state index contributed by atoms with van der Waals surface area (Å²) in [6.45, 7) is 1.20. The SMILES string of the molecule is NCCCNC(=O)c1ccoc1. The lowest BCUT2D eigenvalue weighted by molar-refractivity contribution is 0.0953. The van der Waals surface area contributed by atoms with Gasteiger partial charge in [-0.2, -0.15) is 0 Å². The van der Waals surface area contributed by atoms with Crippen molar-refractivity contribution < 1.29 is 9.21 Å². The number of rotatable bonds is 4. The summed E-state index contributed by atoms with van der Waals surface area (Å²) in [6, 6.07) is 1.62. The Bertz CT molecular complexity index is 231. The van der Waals surface area contributed by atoms with Crippen LogP contribution in [0.2, 0.25) is 0 Å². The van der Waals surface area contributed by atoms with Gasteiger partial charge in [0.15, 0.2) is 0 Å². The molecule has 1 aromatic rings. The van der Waals surface area contributed by atoms with Crippen molar-refractivity contribution in [1.82, 2.24) is 5.32 Å². The zero-order chi connectivity index (χ0) is 8.81. The molecule has 0 unspecified atom stereocenters. The number of hydrogen-bond acceptors (Lipinski definition) is 3. The maximum absolute atomic E-state index is 11.2. The van der Waals surface area contributed by atoms with Gasteiger partial charge in [0, 0.05) is 6.54 Å². The molecule has 1 amide bonds. The lowest BCUT2D eigenvalue weighted by atomic mass is 10.3. The molecule has 0 spiro atoms. The van der Waals surface area contributed by atoms with Gasteiger partial charge in [-0.1, -0.05) is 0 Å². The molecular formula is C8H12N2O2. The van der Waals surface area contributed by atoms with Crippen LogP contribution in [0.1, 0.15) is 16.8 Å². The van der Waals surface area contributed by atoms with E-state index in [-0.39, 0.29) is 5.91 Å². The highest BCUT2D eigenvalue weighted by Gasteiger charge is 2.04. The molecule has 0 fully saturated rings. The molecule has 4 heteroatoms. The maximum atomic E-state index is 11.2. The normalized spacial score (nSPS) is 9.75. The molecular weight excluding hydrogens is 156 g/mol. The Hall–Kier alpha value is -1.29. The Morgan fingerprint density at radius 3 is 3.08 bits per heavy atom. The van der Waals surface area contributed by atoms with E-state index in [1.54, 1.807) is 6.07 Å². The Labute approximate surface area is 70.7 Å². The number of carbonyl (C=O) groups is 1. The van der Waals surface area contributed by atoms with E-state index in [1.807, 2.05) is 0 Å².